The predicted octanol–water partition coefficient (Wildman–Crippen LogP) is 1.18. The number of benzene rings is 1. The van der Waals surface area contributed by atoms with Crippen molar-refractivity contribution in [1.82, 2.24) is 20.4 Å². The number of amides is 4. The number of likely N-dealkylation sites (tertiary alicyclic amines) is 1. The highest BCUT2D eigenvalue weighted by Crippen LogP contribution is 2.31. The van der Waals surface area contributed by atoms with Crippen LogP contribution in [-0.4, -0.2) is 79.3 Å². The molecule has 9 nitrogen and oxygen atoms in total. The summed E-state index contributed by atoms with van der Waals surface area (Å²) >= 11 is 0. The largest absolute Gasteiger partial charge is 0.494 e. The Morgan fingerprint density at radius 3 is 2.55 bits per heavy atom. The highest BCUT2D eigenvalue weighted by atomic mass is 16.5. The first-order chi connectivity index (χ1) is 15.8. The molecule has 4 rings (SSSR count). The van der Waals surface area contributed by atoms with Gasteiger partial charge in [-0.3, -0.25) is 29.4 Å². The van der Waals surface area contributed by atoms with Crippen molar-refractivity contribution in [3.63, 3.8) is 0 Å². The van der Waals surface area contributed by atoms with E-state index in [4.69, 9.17) is 4.74 Å². The highest BCUT2D eigenvalue weighted by Gasteiger charge is 2.44. The lowest BCUT2D eigenvalue weighted by Gasteiger charge is -2.39. The van der Waals surface area contributed by atoms with E-state index in [9.17, 15) is 19.2 Å². The molecule has 1 aromatic rings. The third-order valence-electron chi connectivity index (χ3n) is 6.97. The number of imide groups is 2. The van der Waals surface area contributed by atoms with Crippen molar-refractivity contribution in [2.75, 3.05) is 39.8 Å². The second kappa shape index (κ2) is 9.61. The van der Waals surface area contributed by atoms with Gasteiger partial charge >= 0.3 is 0 Å². The lowest BCUT2D eigenvalue weighted by Crippen LogP contribution is -2.54. The summed E-state index contributed by atoms with van der Waals surface area (Å²) in [4.78, 5) is 52.6. The summed E-state index contributed by atoms with van der Waals surface area (Å²) in [6.45, 7) is 7.03. The Kier molecular flexibility index (Phi) is 6.81. The molecule has 9 heteroatoms. The standard InChI is InChI=1S/C24H32N4O5/c1-24(15-25-2)8-11-27(12-9-24)10-3-13-33-16-4-5-17-18(14-16)23(32)28(22(17)31)19-6-7-20(29)26-21(19)30/h4-5,14,19,25H,3,6-13,15H2,1-2H3,(H,26,29,30). The van der Waals surface area contributed by atoms with E-state index in [1.165, 1.54) is 12.8 Å². The SMILES string of the molecule is CNCC1(C)CCN(CCCOc2ccc3c(c2)C(=O)N(C2CCC(=O)NC2=O)C3=O)CC1. The van der Waals surface area contributed by atoms with Crippen molar-refractivity contribution >= 4 is 23.6 Å². The average Bonchev–Trinajstić information content (AvgIpc) is 3.03. The van der Waals surface area contributed by atoms with Crippen LogP contribution in [0.4, 0.5) is 0 Å². The molecule has 0 radical (unpaired) electrons. The summed E-state index contributed by atoms with van der Waals surface area (Å²) in [5.41, 5.74) is 0.870. The lowest BCUT2D eigenvalue weighted by atomic mass is 9.80. The summed E-state index contributed by atoms with van der Waals surface area (Å²) in [5, 5.41) is 5.49. The number of hydrogen-bond acceptors (Lipinski definition) is 7. The molecule has 3 heterocycles. The van der Waals surface area contributed by atoms with Gasteiger partial charge in [0.05, 0.1) is 17.7 Å². The van der Waals surface area contributed by atoms with Gasteiger partial charge in [0.2, 0.25) is 11.8 Å². The van der Waals surface area contributed by atoms with Gasteiger partial charge in [-0.15, -0.1) is 0 Å². The molecule has 0 aromatic heterocycles. The Hall–Kier alpha value is -2.78. The molecule has 2 N–H and O–H groups in total. The zero-order valence-electron chi connectivity index (χ0n) is 19.3. The maximum atomic E-state index is 12.9. The summed E-state index contributed by atoms with van der Waals surface area (Å²) in [6, 6.07) is 3.87. The van der Waals surface area contributed by atoms with E-state index in [0.717, 1.165) is 37.5 Å². The topological polar surface area (TPSA) is 108 Å². The first-order valence-corrected chi connectivity index (χ1v) is 11.7. The van der Waals surface area contributed by atoms with E-state index in [1.54, 1.807) is 18.2 Å². The Morgan fingerprint density at radius 2 is 1.85 bits per heavy atom. The van der Waals surface area contributed by atoms with Gasteiger partial charge in [0, 0.05) is 19.5 Å². The summed E-state index contributed by atoms with van der Waals surface area (Å²) < 4.78 is 5.86. The van der Waals surface area contributed by atoms with E-state index in [1.807, 2.05) is 7.05 Å². The average molecular weight is 457 g/mol. The molecular formula is C24H32N4O5. The van der Waals surface area contributed by atoms with Crippen LogP contribution < -0.4 is 15.4 Å². The maximum Gasteiger partial charge on any atom is 0.262 e. The van der Waals surface area contributed by atoms with Gasteiger partial charge < -0.3 is 15.0 Å². The number of nitrogens with zero attached hydrogens (tertiary/aromatic N) is 2. The third-order valence-corrected chi connectivity index (χ3v) is 6.97. The van der Waals surface area contributed by atoms with Crippen LogP contribution in [0.2, 0.25) is 0 Å². The molecule has 2 saturated heterocycles. The van der Waals surface area contributed by atoms with Crippen LogP contribution >= 0.6 is 0 Å². The van der Waals surface area contributed by atoms with Crippen molar-refractivity contribution in [2.24, 2.45) is 5.41 Å². The van der Waals surface area contributed by atoms with Crippen molar-refractivity contribution in [3.8, 4) is 5.75 Å². The maximum absolute atomic E-state index is 12.9. The fourth-order valence-electron chi connectivity index (χ4n) is 4.94. The number of nitrogens with one attached hydrogen (secondary N) is 2. The molecule has 1 aromatic carbocycles. The molecule has 0 saturated carbocycles. The molecule has 1 atom stereocenters. The quantitative estimate of drug-likeness (QED) is 0.447. The predicted molar refractivity (Wildman–Crippen MR) is 121 cm³/mol. The molecule has 178 valence electrons. The molecule has 1 unspecified atom stereocenters. The number of rotatable bonds is 8. The van der Waals surface area contributed by atoms with Gasteiger partial charge in [-0.1, -0.05) is 6.92 Å². The van der Waals surface area contributed by atoms with Crippen LogP contribution in [0.5, 0.6) is 5.75 Å². The Bertz CT molecular complexity index is 954. The first-order valence-electron chi connectivity index (χ1n) is 11.7. The fourth-order valence-corrected chi connectivity index (χ4v) is 4.94. The van der Waals surface area contributed by atoms with E-state index in [2.05, 4.69) is 22.5 Å². The highest BCUT2D eigenvalue weighted by molar-refractivity contribution is 6.23. The first kappa shape index (κ1) is 23.4. The number of hydrogen-bond donors (Lipinski definition) is 2. The molecule has 3 aliphatic heterocycles. The number of carbonyl (C=O) groups is 4. The van der Waals surface area contributed by atoms with Crippen LogP contribution in [-0.2, 0) is 9.59 Å². The molecule has 0 bridgehead atoms. The number of piperidine rings is 2. The third kappa shape index (κ3) is 4.94. The molecule has 4 amide bonds. The molecule has 3 aliphatic rings. The number of carbonyl (C=O) groups excluding carboxylic acids is 4. The Morgan fingerprint density at radius 1 is 1.12 bits per heavy atom. The van der Waals surface area contributed by atoms with Gasteiger partial charge in [0.25, 0.3) is 11.8 Å². The second-order valence-corrected chi connectivity index (χ2v) is 9.54. The minimum absolute atomic E-state index is 0.101. The van der Waals surface area contributed by atoms with Crippen LogP contribution in [0.1, 0.15) is 59.7 Å². The molecule has 33 heavy (non-hydrogen) atoms. The van der Waals surface area contributed by atoms with Crippen molar-refractivity contribution in [2.45, 2.75) is 45.1 Å². The number of fused-ring (bicyclic) bond motifs is 1. The molecule has 0 spiro atoms. The smallest absolute Gasteiger partial charge is 0.262 e. The Balaban J connectivity index is 1.29. The summed E-state index contributed by atoms with van der Waals surface area (Å²) in [5.74, 6) is -1.50. The van der Waals surface area contributed by atoms with Crippen LogP contribution in [0.15, 0.2) is 18.2 Å². The monoisotopic (exact) mass is 456 g/mol. The van der Waals surface area contributed by atoms with E-state index in [-0.39, 0.29) is 29.9 Å². The Labute approximate surface area is 193 Å². The molecular weight excluding hydrogens is 424 g/mol. The van der Waals surface area contributed by atoms with Gasteiger partial charge in [-0.25, -0.2) is 0 Å². The minimum atomic E-state index is -0.959. The fraction of sp³-hybridized carbons (Fsp3) is 0.583. The summed E-state index contributed by atoms with van der Waals surface area (Å²) in [7, 11) is 2.00. The normalized spacial score (nSPS) is 23.0. The zero-order chi connectivity index (χ0) is 23.6. The minimum Gasteiger partial charge on any atom is -0.494 e. The van der Waals surface area contributed by atoms with Gasteiger partial charge in [-0.2, -0.15) is 0 Å². The second-order valence-electron chi connectivity index (χ2n) is 9.54. The van der Waals surface area contributed by atoms with Crippen LogP contribution in [0.25, 0.3) is 0 Å². The number of ether oxygens (including phenoxy) is 1. The van der Waals surface area contributed by atoms with E-state index >= 15 is 0 Å². The van der Waals surface area contributed by atoms with Crippen LogP contribution in [0.3, 0.4) is 0 Å². The van der Waals surface area contributed by atoms with E-state index in [0.29, 0.717) is 17.8 Å². The lowest BCUT2D eigenvalue weighted by molar-refractivity contribution is -0.136. The van der Waals surface area contributed by atoms with Gasteiger partial charge in [-0.05, 0) is 69.4 Å². The molecule has 2 fully saturated rings. The molecule has 0 aliphatic carbocycles. The van der Waals surface area contributed by atoms with Crippen molar-refractivity contribution < 1.29 is 23.9 Å². The van der Waals surface area contributed by atoms with Crippen molar-refractivity contribution in [1.29, 1.82) is 0 Å². The van der Waals surface area contributed by atoms with Crippen molar-refractivity contribution in [3.05, 3.63) is 29.3 Å². The summed E-state index contributed by atoms with van der Waals surface area (Å²) in [6.07, 6.45) is 3.47. The van der Waals surface area contributed by atoms with Gasteiger partial charge in [0.1, 0.15) is 11.8 Å². The van der Waals surface area contributed by atoms with E-state index < -0.39 is 23.8 Å². The van der Waals surface area contributed by atoms with Crippen LogP contribution in [0, 0.1) is 5.41 Å². The van der Waals surface area contributed by atoms with Gasteiger partial charge in [0.15, 0.2) is 0 Å². The zero-order valence-corrected chi connectivity index (χ0v) is 19.3.